The fourth-order valence-corrected chi connectivity index (χ4v) is 2.24. The Hall–Kier alpha value is -0.0900. The second-order valence-electron chi connectivity index (χ2n) is 2.75. The standard InChI is InChI=1S/C9H11BrClNO/c10-6-2-1-3-7(11)9(6)8(12)4-5-13/h1-3,8,13H,4-5,12H2. The third kappa shape index (κ3) is 2.68. The van der Waals surface area contributed by atoms with Gasteiger partial charge >= 0.3 is 0 Å². The maximum Gasteiger partial charge on any atom is 0.0465 e. The minimum atomic E-state index is -0.215. The molecule has 72 valence electrons. The lowest BCUT2D eigenvalue weighted by Crippen LogP contribution is -2.13. The average Bonchev–Trinajstić information content (AvgIpc) is 2.04. The molecule has 0 saturated heterocycles. The molecular weight excluding hydrogens is 253 g/mol. The summed E-state index contributed by atoms with van der Waals surface area (Å²) in [4.78, 5) is 0. The van der Waals surface area contributed by atoms with E-state index in [0.29, 0.717) is 11.4 Å². The second kappa shape index (κ2) is 4.96. The third-order valence-corrected chi connectivity index (χ3v) is 2.83. The van der Waals surface area contributed by atoms with Gasteiger partial charge in [-0.25, -0.2) is 0 Å². The number of benzene rings is 1. The number of aliphatic hydroxyl groups is 1. The maximum atomic E-state index is 8.74. The van der Waals surface area contributed by atoms with Crippen LogP contribution in [0.5, 0.6) is 0 Å². The van der Waals surface area contributed by atoms with E-state index >= 15 is 0 Å². The first-order valence-electron chi connectivity index (χ1n) is 3.97. The predicted molar refractivity (Wildman–Crippen MR) is 57.8 cm³/mol. The molecular formula is C9H11BrClNO. The van der Waals surface area contributed by atoms with E-state index in [9.17, 15) is 0 Å². The monoisotopic (exact) mass is 263 g/mol. The lowest BCUT2D eigenvalue weighted by Gasteiger charge is -2.13. The van der Waals surface area contributed by atoms with Gasteiger partial charge in [0.2, 0.25) is 0 Å². The van der Waals surface area contributed by atoms with Gasteiger partial charge in [-0.3, -0.25) is 0 Å². The highest BCUT2D eigenvalue weighted by molar-refractivity contribution is 9.10. The van der Waals surface area contributed by atoms with Crippen molar-refractivity contribution in [2.45, 2.75) is 12.5 Å². The summed E-state index contributed by atoms with van der Waals surface area (Å²) in [5, 5.41) is 9.38. The first-order valence-corrected chi connectivity index (χ1v) is 5.14. The van der Waals surface area contributed by atoms with E-state index in [0.717, 1.165) is 10.0 Å². The van der Waals surface area contributed by atoms with Crippen molar-refractivity contribution in [1.82, 2.24) is 0 Å². The van der Waals surface area contributed by atoms with Crippen LogP contribution >= 0.6 is 27.5 Å². The van der Waals surface area contributed by atoms with Crippen LogP contribution in [0.3, 0.4) is 0 Å². The number of nitrogens with two attached hydrogens (primary N) is 1. The second-order valence-corrected chi connectivity index (χ2v) is 4.02. The van der Waals surface area contributed by atoms with Crippen molar-refractivity contribution in [2.75, 3.05) is 6.61 Å². The largest absolute Gasteiger partial charge is 0.396 e. The quantitative estimate of drug-likeness (QED) is 0.881. The van der Waals surface area contributed by atoms with Crippen LogP contribution in [0.4, 0.5) is 0 Å². The first kappa shape index (κ1) is 11.0. The van der Waals surface area contributed by atoms with Gasteiger partial charge in [0.1, 0.15) is 0 Å². The number of aliphatic hydroxyl groups excluding tert-OH is 1. The molecule has 3 N–H and O–H groups in total. The molecule has 4 heteroatoms. The Bertz CT molecular complexity index is 273. The normalized spacial score (nSPS) is 12.9. The van der Waals surface area contributed by atoms with Crippen LogP contribution in [0.15, 0.2) is 22.7 Å². The number of hydrogen-bond acceptors (Lipinski definition) is 2. The van der Waals surface area contributed by atoms with Gasteiger partial charge in [0.05, 0.1) is 0 Å². The van der Waals surface area contributed by atoms with Gasteiger partial charge in [0.25, 0.3) is 0 Å². The zero-order valence-electron chi connectivity index (χ0n) is 7.00. The van der Waals surface area contributed by atoms with E-state index in [-0.39, 0.29) is 12.6 Å². The van der Waals surface area contributed by atoms with Crippen LogP contribution in [0, 0.1) is 0 Å². The Morgan fingerprint density at radius 2 is 2.23 bits per heavy atom. The first-order chi connectivity index (χ1) is 6.16. The Morgan fingerprint density at radius 1 is 1.54 bits per heavy atom. The van der Waals surface area contributed by atoms with Gasteiger partial charge < -0.3 is 10.8 Å². The Morgan fingerprint density at radius 3 is 2.77 bits per heavy atom. The van der Waals surface area contributed by atoms with Crippen molar-refractivity contribution in [2.24, 2.45) is 5.73 Å². The van der Waals surface area contributed by atoms with Gasteiger partial charge in [0, 0.05) is 27.7 Å². The van der Waals surface area contributed by atoms with E-state index in [1.54, 1.807) is 6.07 Å². The highest BCUT2D eigenvalue weighted by Crippen LogP contribution is 2.30. The number of hydrogen-bond donors (Lipinski definition) is 2. The predicted octanol–water partition coefficient (Wildman–Crippen LogP) is 2.48. The molecule has 1 aromatic carbocycles. The summed E-state index contributed by atoms with van der Waals surface area (Å²) in [5.41, 5.74) is 6.69. The molecule has 0 amide bonds. The van der Waals surface area contributed by atoms with Crippen molar-refractivity contribution in [3.63, 3.8) is 0 Å². The molecule has 0 saturated carbocycles. The van der Waals surface area contributed by atoms with Crippen LogP contribution in [0.2, 0.25) is 5.02 Å². The smallest absolute Gasteiger partial charge is 0.0465 e. The van der Waals surface area contributed by atoms with E-state index in [2.05, 4.69) is 15.9 Å². The minimum absolute atomic E-state index is 0.0683. The number of rotatable bonds is 3. The van der Waals surface area contributed by atoms with Crippen LogP contribution in [-0.4, -0.2) is 11.7 Å². The van der Waals surface area contributed by atoms with Crippen molar-refractivity contribution >= 4 is 27.5 Å². The van der Waals surface area contributed by atoms with Gasteiger partial charge in [0.15, 0.2) is 0 Å². The van der Waals surface area contributed by atoms with Crippen molar-refractivity contribution < 1.29 is 5.11 Å². The summed E-state index contributed by atoms with van der Waals surface area (Å²) in [7, 11) is 0. The number of halogens is 2. The molecule has 0 spiro atoms. The highest BCUT2D eigenvalue weighted by Gasteiger charge is 2.12. The zero-order chi connectivity index (χ0) is 9.84. The van der Waals surface area contributed by atoms with Gasteiger partial charge in [-0.15, -0.1) is 0 Å². The maximum absolute atomic E-state index is 8.74. The Kier molecular flexibility index (Phi) is 4.19. The topological polar surface area (TPSA) is 46.2 Å². The fraction of sp³-hybridized carbons (Fsp3) is 0.333. The summed E-state index contributed by atoms with van der Waals surface area (Å²) in [6, 6.07) is 5.31. The molecule has 1 aromatic rings. The molecule has 13 heavy (non-hydrogen) atoms. The zero-order valence-corrected chi connectivity index (χ0v) is 9.35. The molecule has 0 radical (unpaired) electrons. The molecule has 0 aromatic heterocycles. The molecule has 0 aliphatic carbocycles. The van der Waals surface area contributed by atoms with Crippen molar-refractivity contribution in [1.29, 1.82) is 0 Å². The van der Waals surface area contributed by atoms with Crippen LogP contribution in [-0.2, 0) is 0 Å². The summed E-state index contributed by atoms with van der Waals surface area (Å²) in [6.07, 6.45) is 0.516. The van der Waals surface area contributed by atoms with Crippen LogP contribution < -0.4 is 5.73 Å². The molecule has 0 aliphatic rings. The summed E-state index contributed by atoms with van der Waals surface area (Å²) in [6.45, 7) is 0.0683. The SMILES string of the molecule is NC(CCO)c1c(Cl)cccc1Br. The van der Waals surface area contributed by atoms with E-state index in [1.807, 2.05) is 12.1 Å². The van der Waals surface area contributed by atoms with Crippen LogP contribution in [0.1, 0.15) is 18.0 Å². The molecule has 0 fully saturated rings. The van der Waals surface area contributed by atoms with Crippen LogP contribution in [0.25, 0.3) is 0 Å². The molecule has 1 atom stereocenters. The molecule has 1 rings (SSSR count). The highest BCUT2D eigenvalue weighted by atomic mass is 79.9. The van der Waals surface area contributed by atoms with Gasteiger partial charge in [-0.1, -0.05) is 33.6 Å². The van der Waals surface area contributed by atoms with E-state index in [1.165, 1.54) is 0 Å². The summed E-state index contributed by atoms with van der Waals surface area (Å²) >= 11 is 9.34. The van der Waals surface area contributed by atoms with Crippen molar-refractivity contribution in [3.05, 3.63) is 33.3 Å². The lowest BCUT2D eigenvalue weighted by molar-refractivity contribution is 0.276. The van der Waals surface area contributed by atoms with Gasteiger partial charge in [-0.05, 0) is 18.6 Å². The van der Waals surface area contributed by atoms with E-state index in [4.69, 9.17) is 22.4 Å². The molecule has 0 aliphatic heterocycles. The third-order valence-electron chi connectivity index (χ3n) is 1.81. The lowest BCUT2D eigenvalue weighted by atomic mass is 10.1. The summed E-state index contributed by atoms with van der Waals surface area (Å²) in [5.74, 6) is 0. The average molecular weight is 265 g/mol. The van der Waals surface area contributed by atoms with Gasteiger partial charge in [-0.2, -0.15) is 0 Å². The minimum Gasteiger partial charge on any atom is -0.396 e. The molecule has 0 bridgehead atoms. The van der Waals surface area contributed by atoms with E-state index < -0.39 is 0 Å². The Labute approximate surface area is 90.8 Å². The molecule has 1 unspecified atom stereocenters. The Balaban J connectivity index is 2.98. The molecule has 0 heterocycles. The molecule has 2 nitrogen and oxygen atoms in total. The summed E-state index contributed by atoms with van der Waals surface area (Å²) < 4.78 is 0.890. The van der Waals surface area contributed by atoms with Crippen molar-refractivity contribution in [3.8, 4) is 0 Å². The fourth-order valence-electron chi connectivity index (χ4n) is 1.15.